The monoisotopic (exact) mass is 426 g/mol. The lowest BCUT2D eigenvalue weighted by Gasteiger charge is -2.35. The Morgan fingerprint density at radius 2 is 2.00 bits per heavy atom. The third-order valence-corrected chi connectivity index (χ3v) is 8.02. The molecular weight excluding hydrogens is 408 g/mol. The molecule has 4 heterocycles. The molecule has 3 saturated heterocycles. The Balaban J connectivity index is 1.58. The van der Waals surface area contributed by atoms with Crippen molar-refractivity contribution in [1.29, 1.82) is 5.26 Å². The standard InChI is InChI=1S/C19H18N6O4S/c1-22(2)30(28,29)23-10-12-8-15(23)17-18(26)25(19(27)24(12)17)14-6-5-11(9-20)16-13(14)4-3-7-21-16/h3-7,12,15,17H,8,10H2,1-2H3/t12?,15?,17-/m1/s1. The molecule has 0 spiro atoms. The van der Waals surface area contributed by atoms with E-state index < -0.39 is 34.2 Å². The van der Waals surface area contributed by atoms with E-state index in [0.717, 1.165) is 9.21 Å². The molecular formula is C19H18N6O4S. The van der Waals surface area contributed by atoms with Crippen LogP contribution in [0, 0.1) is 11.3 Å². The molecule has 1 aromatic heterocycles. The van der Waals surface area contributed by atoms with E-state index in [9.17, 15) is 23.3 Å². The first-order valence-electron chi connectivity index (χ1n) is 9.40. The summed E-state index contributed by atoms with van der Waals surface area (Å²) in [6, 6.07) is 6.29. The van der Waals surface area contributed by atoms with Gasteiger partial charge in [0, 0.05) is 38.3 Å². The van der Waals surface area contributed by atoms with Gasteiger partial charge in [0.25, 0.3) is 16.1 Å². The van der Waals surface area contributed by atoms with Crippen LogP contribution in [0.25, 0.3) is 10.9 Å². The summed E-state index contributed by atoms with van der Waals surface area (Å²) >= 11 is 0. The van der Waals surface area contributed by atoms with Crippen molar-refractivity contribution in [2.75, 3.05) is 25.5 Å². The van der Waals surface area contributed by atoms with Crippen LogP contribution in [-0.2, 0) is 15.0 Å². The lowest BCUT2D eigenvalue weighted by atomic mass is 10.1. The zero-order chi connectivity index (χ0) is 21.4. The maximum absolute atomic E-state index is 13.4. The molecule has 5 rings (SSSR count). The zero-order valence-corrected chi connectivity index (χ0v) is 17.1. The molecule has 2 aromatic rings. The quantitative estimate of drug-likeness (QED) is 0.660. The van der Waals surface area contributed by atoms with Gasteiger partial charge in [-0.15, -0.1) is 0 Å². The Bertz CT molecular complexity index is 1250. The fourth-order valence-electron chi connectivity index (χ4n) is 4.75. The fourth-order valence-corrected chi connectivity index (χ4v) is 6.08. The van der Waals surface area contributed by atoms with Gasteiger partial charge in [0.05, 0.1) is 22.8 Å². The van der Waals surface area contributed by atoms with E-state index in [0.29, 0.717) is 28.6 Å². The summed E-state index contributed by atoms with van der Waals surface area (Å²) in [6.45, 7) is 0.171. The van der Waals surface area contributed by atoms with Crippen LogP contribution in [0.1, 0.15) is 12.0 Å². The highest BCUT2D eigenvalue weighted by atomic mass is 32.2. The topological polar surface area (TPSA) is 118 Å². The number of pyridine rings is 1. The number of hydrogen-bond acceptors (Lipinski definition) is 6. The smallest absolute Gasteiger partial charge is 0.306 e. The number of piperazine rings is 1. The summed E-state index contributed by atoms with van der Waals surface area (Å²) in [5.41, 5.74) is 1.10. The Kier molecular flexibility index (Phi) is 3.92. The number of rotatable bonds is 3. The second-order valence-corrected chi connectivity index (χ2v) is 9.86. The first-order valence-corrected chi connectivity index (χ1v) is 10.8. The third kappa shape index (κ3) is 2.29. The van der Waals surface area contributed by atoms with E-state index >= 15 is 0 Å². The minimum Gasteiger partial charge on any atom is -0.306 e. The molecule has 0 N–H and O–H groups in total. The van der Waals surface area contributed by atoms with E-state index in [1.165, 1.54) is 29.4 Å². The van der Waals surface area contributed by atoms with E-state index in [2.05, 4.69) is 11.1 Å². The molecule has 154 valence electrons. The number of anilines is 1. The third-order valence-electron chi connectivity index (χ3n) is 6.08. The Hall–Kier alpha value is -3.07. The minimum absolute atomic E-state index is 0.171. The Morgan fingerprint density at radius 1 is 1.23 bits per heavy atom. The van der Waals surface area contributed by atoms with Gasteiger partial charge in [-0.05, 0) is 30.7 Å². The van der Waals surface area contributed by atoms with Crippen molar-refractivity contribution in [1.82, 2.24) is 18.5 Å². The number of nitrogens with zero attached hydrogens (tertiary/aromatic N) is 6. The summed E-state index contributed by atoms with van der Waals surface area (Å²) in [5.74, 6) is -0.457. The Labute approximate surface area is 173 Å². The van der Waals surface area contributed by atoms with E-state index in [1.807, 2.05) is 0 Å². The number of carbonyl (C=O) groups excluding carboxylic acids is 2. The molecule has 11 heteroatoms. The first-order chi connectivity index (χ1) is 14.3. The van der Waals surface area contributed by atoms with Gasteiger partial charge in [0.15, 0.2) is 0 Å². The number of fused-ring (bicyclic) bond motifs is 6. The second kappa shape index (κ2) is 6.21. The number of amides is 3. The summed E-state index contributed by atoms with van der Waals surface area (Å²) in [6.07, 6.45) is 1.99. The highest BCUT2D eigenvalue weighted by Gasteiger charge is 2.64. The summed E-state index contributed by atoms with van der Waals surface area (Å²) < 4.78 is 27.8. The van der Waals surface area contributed by atoms with Crippen molar-refractivity contribution < 1.29 is 18.0 Å². The second-order valence-electron chi connectivity index (χ2n) is 7.77. The normalized spacial score (nSPS) is 26.1. The van der Waals surface area contributed by atoms with Crippen LogP contribution in [0.4, 0.5) is 10.5 Å². The van der Waals surface area contributed by atoms with Crippen molar-refractivity contribution >= 4 is 38.7 Å². The molecule has 2 bridgehead atoms. The van der Waals surface area contributed by atoms with Crippen LogP contribution in [0.5, 0.6) is 0 Å². The Morgan fingerprint density at radius 3 is 2.70 bits per heavy atom. The van der Waals surface area contributed by atoms with Gasteiger partial charge >= 0.3 is 6.03 Å². The molecule has 3 fully saturated rings. The van der Waals surface area contributed by atoms with Crippen molar-refractivity contribution in [2.24, 2.45) is 0 Å². The lowest BCUT2D eigenvalue weighted by molar-refractivity contribution is -0.120. The molecule has 3 aliphatic heterocycles. The number of benzene rings is 1. The summed E-state index contributed by atoms with van der Waals surface area (Å²) in [7, 11) is -0.806. The first kappa shape index (κ1) is 18.9. The maximum Gasteiger partial charge on any atom is 0.332 e. The van der Waals surface area contributed by atoms with Gasteiger partial charge in [0.1, 0.15) is 12.1 Å². The van der Waals surface area contributed by atoms with Crippen LogP contribution < -0.4 is 4.90 Å². The molecule has 30 heavy (non-hydrogen) atoms. The van der Waals surface area contributed by atoms with Crippen molar-refractivity contribution in [3.63, 3.8) is 0 Å². The molecule has 2 unspecified atom stereocenters. The molecule has 3 amide bonds. The van der Waals surface area contributed by atoms with E-state index in [4.69, 9.17) is 0 Å². The number of urea groups is 1. The average molecular weight is 426 g/mol. The predicted molar refractivity (Wildman–Crippen MR) is 106 cm³/mol. The molecule has 0 saturated carbocycles. The number of imide groups is 1. The van der Waals surface area contributed by atoms with Gasteiger partial charge in [0.2, 0.25) is 0 Å². The molecule has 0 aliphatic carbocycles. The highest BCUT2D eigenvalue weighted by molar-refractivity contribution is 7.86. The van der Waals surface area contributed by atoms with Crippen LogP contribution in [0.2, 0.25) is 0 Å². The van der Waals surface area contributed by atoms with Gasteiger partial charge in [-0.2, -0.15) is 22.3 Å². The van der Waals surface area contributed by atoms with E-state index in [-0.39, 0.29) is 12.6 Å². The fraction of sp³-hybridized carbons (Fsp3) is 0.368. The van der Waals surface area contributed by atoms with Gasteiger partial charge in [-0.3, -0.25) is 9.78 Å². The number of carbonyl (C=O) groups is 2. The van der Waals surface area contributed by atoms with Crippen molar-refractivity contribution in [3.05, 3.63) is 36.0 Å². The summed E-state index contributed by atoms with van der Waals surface area (Å²) in [5, 5.41) is 9.86. The minimum atomic E-state index is -3.70. The number of nitriles is 1. The molecule has 3 atom stereocenters. The van der Waals surface area contributed by atoms with E-state index in [1.54, 1.807) is 24.4 Å². The summed E-state index contributed by atoms with van der Waals surface area (Å²) in [4.78, 5) is 33.5. The van der Waals surface area contributed by atoms with Gasteiger partial charge < -0.3 is 4.90 Å². The van der Waals surface area contributed by atoms with Gasteiger partial charge in [-0.25, -0.2) is 9.69 Å². The molecule has 0 radical (unpaired) electrons. The zero-order valence-electron chi connectivity index (χ0n) is 16.3. The lowest BCUT2D eigenvalue weighted by Crippen LogP contribution is -2.56. The van der Waals surface area contributed by atoms with Crippen LogP contribution >= 0.6 is 0 Å². The predicted octanol–water partition coefficient (Wildman–Crippen LogP) is 0.507. The van der Waals surface area contributed by atoms with Crippen LogP contribution in [0.15, 0.2) is 30.5 Å². The number of aromatic nitrogens is 1. The highest BCUT2D eigenvalue weighted by Crippen LogP contribution is 2.44. The maximum atomic E-state index is 13.4. The molecule has 1 aromatic carbocycles. The van der Waals surface area contributed by atoms with Crippen molar-refractivity contribution in [2.45, 2.75) is 24.5 Å². The SMILES string of the molecule is CN(C)S(=O)(=O)N1CC2CC1[C@@H]1C(=O)N(c3ccc(C#N)c4ncccc34)C(=O)N21. The molecule has 3 aliphatic rings. The number of hydrogen-bond donors (Lipinski definition) is 0. The largest absolute Gasteiger partial charge is 0.332 e. The van der Waals surface area contributed by atoms with Crippen molar-refractivity contribution in [3.8, 4) is 6.07 Å². The van der Waals surface area contributed by atoms with Crippen LogP contribution in [0.3, 0.4) is 0 Å². The average Bonchev–Trinajstić information content (AvgIpc) is 3.39. The molecule has 10 nitrogen and oxygen atoms in total. The van der Waals surface area contributed by atoms with Crippen LogP contribution in [-0.4, -0.2) is 77.6 Å². The van der Waals surface area contributed by atoms with Gasteiger partial charge in [-0.1, -0.05) is 0 Å².